The van der Waals surface area contributed by atoms with Crippen molar-refractivity contribution in [2.45, 2.75) is 38.6 Å². The van der Waals surface area contributed by atoms with E-state index in [4.69, 9.17) is 10.5 Å². The summed E-state index contributed by atoms with van der Waals surface area (Å²) < 4.78 is 4.72. The third kappa shape index (κ3) is 4.18. The Kier molecular flexibility index (Phi) is 5.25. The minimum absolute atomic E-state index is 0.00854. The van der Waals surface area contributed by atoms with Crippen molar-refractivity contribution in [2.75, 3.05) is 13.2 Å². The minimum atomic E-state index is -0.386. The quantitative estimate of drug-likeness (QED) is 0.673. The van der Waals surface area contributed by atoms with Crippen LogP contribution >= 0.6 is 0 Å². The molecule has 0 aromatic carbocycles. The highest BCUT2D eigenvalue weighted by atomic mass is 16.5. The standard InChI is InChI=1S/C11H20N2O3/c1-2-16-10(14)7-13-11(15)8-3-5-9(12)6-4-8/h8-9H,2-7,12H2,1H3,(H,13,15). The SMILES string of the molecule is CCOC(=O)CNC(=O)C1CCC(N)CC1. The van der Waals surface area contributed by atoms with Crippen LogP contribution < -0.4 is 11.1 Å². The lowest BCUT2D eigenvalue weighted by Crippen LogP contribution is -2.38. The van der Waals surface area contributed by atoms with Crippen LogP contribution in [0.1, 0.15) is 32.6 Å². The summed E-state index contributed by atoms with van der Waals surface area (Å²) in [5, 5.41) is 2.60. The lowest BCUT2D eigenvalue weighted by molar-refractivity contribution is -0.144. The second-order valence-electron chi connectivity index (χ2n) is 4.13. The predicted octanol–water partition coefficient (Wildman–Crippen LogP) is 0.183. The molecule has 0 heterocycles. The second kappa shape index (κ2) is 6.48. The Hall–Kier alpha value is -1.10. The molecule has 0 aromatic heterocycles. The first-order valence-electron chi connectivity index (χ1n) is 5.82. The van der Waals surface area contributed by atoms with E-state index < -0.39 is 0 Å². The summed E-state index contributed by atoms with van der Waals surface area (Å²) in [4.78, 5) is 22.7. The van der Waals surface area contributed by atoms with Crippen molar-refractivity contribution in [3.63, 3.8) is 0 Å². The van der Waals surface area contributed by atoms with Crippen molar-refractivity contribution in [2.24, 2.45) is 11.7 Å². The Bertz CT molecular complexity index is 248. The molecule has 1 rings (SSSR count). The fraction of sp³-hybridized carbons (Fsp3) is 0.818. The van der Waals surface area contributed by atoms with Crippen LogP contribution in [0, 0.1) is 5.92 Å². The van der Waals surface area contributed by atoms with Gasteiger partial charge in [0, 0.05) is 12.0 Å². The van der Waals surface area contributed by atoms with Crippen molar-refractivity contribution in [1.82, 2.24) is 5.32 Å². The average Bonchev–Trinajstić information content (AvgIpc) is 2.27. The molecule has 16 heavy (non-hydrogen) atoms. The molecule has 0 radical (unpaired) electrons. The summed E-state index contributed by atoms with van der Waals surface area (Å²) in [6, 6.07) is 0.231. The fourth-order valence-corrected chi connectivity index (χ4v) is 1.90. The molecule has 1 aliphatic rings. The summed E-state index contributed by atoms with van der Waals surface area (Å²) >= 11 is 0. The van der Waals surface area contributed by atoms with Crippen molar-refractivity contribution in [3.8, 4) is 0 Å². The molecule has 1 saturated carbocycles. The highest BCUT2D eigenvalue weighted by molar-refractivity contribution is 5.83. The third-order valence-corrected chi connectivity index (χ3v) is 2.85. The summed E-state index contributed by atoms with van der Waals surface area (Å²) in [6.07, 6.45) is 3.40. The summed E-state index contributed by atoms with van der Waals surface area (Å²) in [5.74, 6) is -0.433. The van der Waals surface area contributed by atoms with Gasteiger partial charge < -0.3 is 15.8 Å². The summed E-state index contributed by atoms with van der Waals surface area (Å²) in [6.45, 7) is 2.05. The van der Waals surface area contributed by atoms with Crippen LogP contribution in [-0.2, 0) is 14.3 Å². The number of amides is 1. The number of nitrogens with two attached hydrogens (primary N) is 1. The zero-order chi connectivity index (χ0) is 12.0. The molecule has 5 heteroatoms. The van der Waals surface area contributed by atoms with Gasteiger partial charge in [-0.15, -0.1) is 0 Å². The Balaban J connectivity index is 2.22. The molecule has 5 nitrogen and oxygen atoms in total. The summed E-state index contributed by atoms with van der Waals surface area (Å²) in [7, 11) is 0. The first kappa shape index (κ1) is 13.0. The lowest BCUT2D eigenvalue weighted by Gasteiger charge is -2.24. The zero-order valence-electron chi connectivity index (χ0n) is 9.70. The molecule has 1 aliphatic carbocycles. The molecule has 0 atom stereocenters. The topological polar surface area (TPSA) is 81.4 Å². The van der Waals surface area contributed by atoms with Gasteiger partial charge in [-0.3, -0.25) is 9.59 Å². The number of hydrogen-bond donors (Lipinski definition) is 2. The van der Waals surface area contributed by atoms with Crippen molar-refractivity contribution >= 4 is 11.9 Å². The van der Waals surface area contributed by atoms with Crippen LogP contribution in [0.4, 0.5) is 0 Å². The van der Waals surface area contributed by atoms with Gasteiger partial charge in [0.1, 0.15) is 6.54 Å². The molecule has 92 valence electrons. The maximum atomic E-state index is 11.7. The predicted molar refractivity (Wildman–Crippen MR) is 59.6 cm³/mol. The maximum Gasteiger partial charge on any atom is 0.325 e. The van der Waals surface area contributed by atoms with E-state index in [1.807, 2.05) is 0 Å². The normalized spacial score (nSPS) is 24.9. The first-order chi connectivity index (χ1) is 7.63. The van der Waals surface area contributed by atoms with Gasteiger partial charge in [0.25, 0.3) is 0 Å². The number of carbonyl (C=O) groups excluding carboxylic acids is 2. The lowest BCUT2D eigenvalue weighted by atomic mass is 9.86. The highest BCUT2D eigenvalue weighted by Gasteiger charge is 2.24. The van der Waals surface area contributed by atoms with Gasteiger partial charge in [-0.1, -0.05) is 0 Å². The van der Waals surface area contributed by atoms with E-state index in [0.29, 0.717) is 6.61 Å². The van der Waals surface area contributed by atoms with E-state index in [2.05, 4.69) is 5.32 Å². The van der Waals surface area contributed by atoms with Gasteiger partial charge in [-0.05, 0) is 32.6 Å². The highest BCUT2D eigenvalue weighted by Crippen LogP contribution is 2.22. The van der Waals surface area contributed by atoms with Crippen molar-refractivity contribution in [1.29, 1.82) is 0 Å². The molecule has 1 fully saturated rings. The van der Waals surface area contributed by atoms with E-state index in [0.717, 1.165) is 25.7 Å². The van der Waals surface area contributed by atoms with Crippen LogP contribution in [0.3, 0.4) is 0 Å². The molecule has 0 unspecified atom stereocenters. The first-order valence-corrected chi connectivity index (χ1v) is 5.82. The maximum absolute atomic E-state index is 11.7. The van der Waals surface area contributed by atoms with Crippen LogP contribution in [0.2, 0.25) is 0 Å². The van der Waals surface area contributed by atoms with Crippen molar-refractivity contribution in [3.05, 3.63) is 0 Å². The Labute approximate surface area is 95.7 Å². The van der Waals surface area contributed by atoms with Gasteiger partial charge in [-0.2, -0.15) is 0 Å². The van der Waals surface area contributed by atoms with Crippen LogP contribution in [0.25, 0.3) is 0 Å². The Morgan fingerprint density at radius 1 is 1.31 bits per heavy atom. The van der Waals surface area contributed by atoms with Crippen LogP contribution in [0.15, 0.2) is 0 Å². The van der Waals surface area contributed by atoms with Gasteiger partial charge >= 0.3 is 5.97 Å². The van der Waals surface area contributed by atoms with E-state index in [1.54, 1.807) is 6.92 Å². The summed E-state index contributed by atoms with van der Waals surface area (Å²) in [5.41, 5.74) is 5.75. The largest absolute Gasteiger partial charge is 0.465 e. The molecular weight excluding hydrogens is 208 g/mol. The smallest absolute Gasteiger partial charge is 0.325 e. The van der Waals surface area contributed by atoms with Gasteiger partial charge in [0.05, 0.1) is 6.61 Å². The van der Waals surface area contributed by atoms with Gasteiger partial charge in [0.15, 0.2) is 0 Å². The van der Waals surface area contributed by atoms with E-state index in [9.17, 15) is 9.59 Å². The Morgan fingerprint density at radius 3 is 2.50 bits per heavy atom. The number of carbonyl (C=O) groups is 2. The number of hydrogen-bond acceptors (Lipinski definition) is 4. The molecule has 1 amide bonds. The molecule has 0 aromatic rings. The van der Waals surface area contributed by atoms with Gasteiger partial charge in [0.2, 0.25) is 5.91 Å². The van der Waals surface area contributed by atoms with Crippen LogP contribution in [0.5, 0.6) is 0 Å². The third-order valence-electron chi connectivity index (χ3n) is 2.85. The number of esters is 1. The molecule has 0 aliphatic heterocycles. The van der Waals surface area contributed by atoms with Crippen molar-refractivity contribution < 1.29 is 14.3 Å². The molecule has 3 N–H and O–H groups in total. The van der Waals surface area contributed by atoms with E-state index >= 15 is 0 Å². The number of rotatable bonds is 4. The molecular formula is C11H20N2O3. The van der Waals surface area contributed by atoms with Gasteiger partial charge in [-0.25, -0.2) is 0 Å². The number of nitrogens with one attached hydrogen (secondary N) is 1. The van der Waals surface area contributed by atoms with Crippen LogP contribution in [-0.4, -0.2) is 31.1 Å². The average molecular weight is 228 g/mol. The molecule has 0 saturated heterocycles. The monoisotopic (exact) mass is 228 g/mol. The number of ether oxygens (including phenoxy) is 1. The molecule has 0 spiro atoms. The second-order valence-corrected chi connectivity index (χ2v) is 4.13. The van der Waals surface area contributed by atoms with E-state index in [1.165, 1.54) is 0 Å². The fourth-order valence-electron chi connectivity index (χ4n) is 1.90. The minimum Gasteiger partial charge on any atom is -0.465 e. The van der Waals surface area contributed by atoms with E-state index in [-0.39, 0.29) is 30.4 Å². The Morgan fingerprint density at radius 2 is 1.94 bits per heavy atom. The molecule has 0 bridgehead atoms. The zero-order valence-corrected chi connectivity index (χ0v) is 9.70.